The monoisotopic (exact) mass is 292 g/mol. The molecule has 2 rings (SSSR count). The van der Waals surface area contributed by atoms with Crippen LogP contribution in [0.25, 0.3) is 0 Å². The number of carbonyl (C=O) groups excluding carboxylic acids is 1. The van der Waals surface area contributed by atoms with Crippen molar-refractivity contribution in [2.24, 2.45) is 5.92 Å². The van der Waals surface area contributed by atoms with Crippen LogP contribution in [-0.2, 0) is 4.74 Å². The first-order valence-corrected chi connectivity index (χ1v) is 7.42. The Hall–Kier alpha value is -1.85. The van der Waals surface area contributed by atoms with Gasteiger partial charge in [0.15, 0.2) is 0 Å². The summed E-state index contributed by atoms with van der Waals surface area (Å²) in [5.41, 5.74) is -0.443. The summed E-state index contributed by atoms with van der Waals surface area (Å²) < 4.78 is 5.43. The summed E-state index contributed by atoms with van der Waals surface area (Å²) in [6.07, 6.45) is 6.91. The Bertz CT molecular complexity index is 458. The molecular formula is C15H24N4O2. The second-order valence-corrected chi connectivity index (χ2v) is 6.41. The molecule has 0 aliphatic carbocycles. The molecule has 0 radical (unpaired) electrons. The SMILES string of the molecule is CC(C)(C)OC(=O)N1CCC[C@H](CNc2cnccn2)C1. The zero-order chi connectivity index (χ0) is 15.3. The predicted molar refractivity (Wildman–Crippen MR) is 81.1 cm³/mol. The van der Waals surface area contributed by atoms with E-state index in [0.29, 0.717) is 5.92 Å². The van der Waals surface area contributed by atoms with E-state index >= 15 is 0 Å². The highest BCUT2D eigenvalue weighted by Crippen LogP contribution is 2.19. The van der Waals surface area contributed by atoms with Gasteiger partial charge in [-0.05, 0) is 39.5 Å². The average Bonchev–Trinajstić information content (AvgIpc) is 2.45. The molecule has 1 atom stereocenters. The number of rotatable bonds is 3. The number of ether oxygens (including phenoxy) is 1. The minimum atomic E-state index is -0.443. The van der Waals surface area contributed by atoms with Crippen molar-refractivity contribution >= 4 is 11.9 Å². The van der Waals surface area contributed by atoms with Gasteiger partial charge in [-0.15, -0.1) is 0 Å². The molecule has 21 heavy (non-hydrogen) atoms. The van der Waals surface area contributed by atoms with Gasteiger partial charge in [-0.2, -0.15) is 0 Å². The highest BCUT2D eigenvalue weighted by Gasteiger charge is 2.27. The van der Waals surface area contributed by atoms with Crippen LogP contribution in [0, 0.1) is 5.92 Å². The van der Waals surface area contributed by atoms with Crippen molar-refractivity contribution in [3.63, 3.8) is 0 Å². The van der Waals surface area contributed by atoms with Crippen LogP contribution in [0.3, 0.4) is 0 Å². The molecule has 1 saturated heterocycles. The number of nitrogens with zero attached hydrogens (tertiary/aromatic N) is 3. The Labute approximate surface area is 125 Å². The lowest BCUT2D eigenvalue weighted by molar-refractivity contribution is 0.0172. The van der Waals surface area contributed by atoms with E-state index in [9.17, 15) is 4.79 Å². The van der Waals surface area contributed by atoms with Crippen molar-refractivity contribution in [2.75, 3.05) is 25.0 Å². The van der Waals surface area contributed by atoms with Gasteiger partial charge in [0.2, 0.25) is 0 Å². The minimum Gasteiger partial charge on any atom is -0.444 e. The van der Waals surface area contributed by atoms with Crippen molar-refractivity contribution in [1.29, 1.82) is 0 Å². The minimum absolute atomic E-state index is 0.216. The fourth-order valence-electron chi connectivity index (χ4n) is 2.36. The summed E-state index contributed by atoms with van der Waals surface area (Å²) in [5, 5.41) is 3.27. The van der Waals surface area contributed by atoms with E-state index in [1.54, 1.807) is 23.5 Å². The van der Waals surface area contributed by atoms with Crippen LogP contribution in [-0.4, -0.2) is 46.2 Å². The molecule has 1 aromatic heterocycles. The predicted octanol–water partition coefficient (Wildman–Crippen LogP) is 2.54. The summed E-state index contributed by atoms with van der Waals surface area (Å²) in [6.45, 7) is 7.96. The van der Waals surface area contributed by atoms with Crippen molar-refractivity contribution in [3.05, 3.63) is 18.6 Å². The number of anilines is 1. The second-order valence-electron chi connectivity index (χ2n) is 6.41. The lowest BCUT2D eigenvalue weighted by atomic mass is 9.98. The first kappa shape index (κ1) is 15.5. The topological polar surface area (TPSA) is 67.3 Å². The highest BCUT2D eigenvalue weighted by molar-refractivity contribution is 5.68. The summed E-state index contributed by atoms with van der Waals surface area (Å²) in [6, 6.07) is 0. The van der Waals surface area contributed by atoms with E-state index in [0.717, 1.165) is 38.3 Å². The van der Waals surface area contributed by atoms with Crippen molar-refractivity contribution in [1.82, 2.24) is 14.9 Å². The number of carbonyl (C=O) groups is 1. The van der Waals surface area contributed by atoms with Crippen LogP contribution in [0.1, 0.15) is 33.6 Å². The number of likely N-dealkylation sites (tertiary alicyclic amines) is 1. The summed E-state index contributed by atoms with van der Waals surface area (Å²) in [7, 11) is 0. The van der Waals surface area contributed by atoms with Crippen LogP contribution in [0.15, 0.2) is 18.6 Å². The van der Waals surface area contributed by atoms with Gasteiger partial charge in [0.25, 0.3) is 0 Å². The number of piperidine rings is 1. The first-order valence-electron chi connectivity index (χ1n) is 7.42. The molecule has 1 aliphatic rings. The molecule has 0 bridgehead atoms. The van der Waals surface area contributed by atoms with Crippen LogP contribution in [0.2, 0.25) is 0 Å². The Morgan fingerprint density at radius 3 is 2.95 bits per heavy atom. The van der Waals surface area contributed by atoms with Gasteiger partial charge in [-0.1, -0.05) is 0 Å². The van der Waals surface area contributed by atoms with E-state index < -0.39 is 5.60 Å². The summed E-state index contributed by atoms with van der Waals surface area (Å²) in [4.78, 5) is 22.1. The smallest absolute Gasteiger partial charge is 0.410 e. The van der Waals surface area contributed by atoms with Gasteiger partial charge < -0.3 is 15.0 Å². The van der Waals surface area contributed by atoms with Crippen LogP contribution >= 0.6 is 0 Å². The maximum atomic E-state index is 12.1. The number of hydrogen-bond acceptors (Lipinski definition) is 5. The van der Waals surface area contributed by atoms with Crippen LogP contribution < -0.4 is 5.32 Å². The molecular weight excluding hydrogens is 268 g/mol. The fourth-order valence-corrected chi connectivity index (χ4v) is 2.36. The van der Waals surface area contributed by atoms with Gasteiger partial charge in [-0.3, -0.25) is 4.98 Å². The van der Waals surface area contributed by atoms with E-state index in [-0.39, 0.29) is 6.09 Å². The molecule has 1 fully saturated rings. The Morgan fingerprint density at radius 2 is 2.29 bits per heavy atom. The lowest BCUT2D eigenvalue weighted by Gasteiger charge is -2.34. The Kier molecular flexibility index (Phi) is 4.98. The normalized spacial score (nSPS) is 19.2. The van der Waals surface area contributed by atoms with E-state index in [1.165, 1.54) is 0 Å². The lowest BCUT2D eigenvalue weighted by Crippen LogP contribution is -2.44. The van der Waals surface area contributed by atoms with E-state index in [4.69, 9.17) is 4.74 Å². The second kappa shape index (κ2) is 6.74. The van der Waals surface area contributed by atoms with Gasteiger partial charge in [-0.25, -0.2) is 9.78 Å². The van der Waals surface area contributed by atoms with E-state index in [1.807, 2.05) is 20.8 Å². The largest absolute Gasteiger partial charge is 0.444 e. The molecule has 0 spiro atoms. The third kappa shape index (κ3) is 5.21. The third-order valence-electron chi connectivity index (χ3n) is 3.31. The number of aromatic nitrogens is 2. The number of hydrogen-bond donors (Lipinski definition) is 1. The summed E-state index contributed by atoms with van der Waals surface area (Å²) >= 11 is 0. The fraction of sp³-hybridized carbons (Fsp3) is 0.667. The molecule has 0 aromatic carbocycles. The molecule has 0 saturated carbocycles. The first-order chi connectivity index (χ1) is 9.94. The van der Waals surface area contributed by atoms with Crippen molar-refractivity contribution < 1.29 is 9.53 Å². The standard InChI is InChI=1S/C15H24N4O2/c1-15(2,3)21-14(20)19-8-4-5-12(11-19)9-18-13-10-16-6-7-17-13/h6-7,10,12H,4-5,8-9,11H2,1-3H3,(H,17,18)/t12-/m1/s1. The van der Waals surface area contributed by atoms with Crippen molar-refractivity contribution in [3.8, 4) is 0 Å². The zero-order valence-electron chi connectivity index (χ0n) is 13.0. The molecule has 0 unspecified atom stereocenters. The Balaban J connectivity index is 1.82. The maximum absolute atomic E-state index is 12.1. The molecule has 1 N–H and O–H groups in total. The molecule has 1 aromatic rings. The molecule has 6 heteroatoms. The summed E-state index contributed by atoms with van der Waals surface area (Å²) in [5.74, 6) is 1.18. The van der Waals surface area contributed by atoms with Gasteiger partial charge in [0.1, 0.15) is 11.4 Å². The number of nitrogens with one attached hydrogen (secondary N) is 1. The quantitative estimate of drug-likeness (QED) is 0.927. The van der Waals surface area contributed by atoms with E-state index in [2.05, 4.69) is 15.3 Å². The third-order valence-corrected chi connectivity index (χ3v) is 3.31. The molecule has 6 nitrogen and oxygen atoms in total. The molecule has 1 amide bonds. The van der Waals surface area contributed by atoms with Crippen LogP contribution in [0.4, 0.5) is 10.6 Å². The van der Waals surface area contributed by atoms with Gasteiger partial charge in [0, 0.05) is 32.0 Å². The van der Waals surface area contributed by atoms with Crippen LogP contribution in [0.5, 0.6) is 0 Å². The molecule has 116 valence electrons. The van der Waals surface area contributed by atoms with Gasteiger partial charge in [0.05, 0.1) is 6.20 Å². The highest BCUT2D eigenvalue weighted by atomic mass is 16.6. The average molecular weight is 292 g/mol. The van der Waals surface area contributed by atoms with Gasteiger partial charge >= 0.3 is 6.09 Å². The zero-order valence-corrected chi connectivity index (χ0v) is 13.0. The molecule has 2 heterocycles. The van der Waals surface area contributed by atoms with Crippen molar-refractivity contribution in [2.45, 2.75) is 39.2 Å². The Morgan fingerprint density at radius 1 is 1.48 bits per heavy atom. The number of amides is 1. The maximum Gasteiger partial charge on any atom is 0.410 e. The molecule has 1 aliphatic heterocycles.